The van der Waals surface area contributed by atoms with E-state index in [2.05, 4.69) is 0 Å². The van der Waals surface area contributed by atoms with E-state index in [1.165, 1.54) is 0 Å². The second-order valence-electron chi connectivity index (χ2n) is 3.38. The van der Waals surface area contributed by atoms with Gasteiger partial charge in [-0.2, -0.15) is 13.2 Å². The summed E-state index contributed by atoms with van der Waals surface area (Å²) in [6.45, 7) is 2.04. The molecule has 1 rings (SSSR count). The van der Waals surface area contributed by atoms with Gasteiger partial charge < -0.3 is 4.74 Å². The van der Waals surface area contributed by atoms with Gasteiger partial charge in [0.15, 0.2) is 0 Å². The normalized spacial score (nSPS) is 11.5. The zero-order valence-corrected chi connectivity index (χ0v) is 8.47. The van der Waals surface area contributed by atoms with Crippen molar-refractivity contribution < 1.29 is 17.9 Å². The van der Waals surface area contributed by atoms with Crippen LogP contribution in [-0.4, -0.2) is 12.8 Å². The van der Waals surface area contributed by atoms with Gasteiger partial charge in [-0.05, 0) is 25.5 Å². The van der Waals surface area contributed by atoms with E-state index in [0.717, 1.165) is 5.56 Å². The van der Waals surface area contributed by atoms with Crippen LogP contribution in [0.2, 0.25) is 0 Å². The molecule has 0 radical (unpaired) electrons. The lowest BCUT2D eigenvalue weighted by Crippen LogP contribution is -2.09. The topological polar surface area (TPSA) is 9.23 Å². The van der Waals surface area contributed by atoms with Crippen molar-refractivity contribution in [1.29, 1.82) is 0 Å². The first-order valence-corrected chi connectivity index (χ1v) is 4.73. The van der Waals surface area contributed by atoms with E-state index in [-0.39, 0.29) is 13.0 Å². The van der Waals surface area contributed by atoms with Crippen LogP contribution < -0.4 is 4.74 Å². The molecule has 1 aromatic rings. The Morgan fingerprint density at radius 3 is 2.27 bits per heavy atom. The van der Waals surface area contributed by atoms with Crippen molar-refractivity contribution in [3.8, 4) is 5.75 Å². The highest BCUT2D eigenvalue weighted by Crippen LogP contribution is 2.21. The van der Waals surface area contributed by atoms with Crippen LogP contribution in [0.3, 0.4) is 0 Å². The summed E-state index contributed by atoms with van der Waals surface area (Å²) in [7, 11) is 0. The first-order chi connectivity index (χ1) is 6.97. The highest BCUT2D eigenvalue weighted by molar-refractivity contribution is 5.26. The minimum absolute atomic E-state index is 0.00260. The Morgan fingerprint density at radius 1 is 1.13 bits per heavy atom. The third-order valence-electron chi connectivity index (χ3n) is 1.89. The Kier molecular flexibility index (Phi) is 4.00. The molecule has 0 spiro atoms. The molecule has 0 fully saturated rings. The molecule has 0 aliphatic heterocycles. The minimum atomic E-state index is -4.09. The van der Waals surface area contributed by atoms with Gasteiger partial charge in [-0.15, -0.1) is 0 Å². The molecule has 0 heterocycles. The third-order valence-corrected chi connectivity index (χ3v) is 1.89. The summed E-state index contributed by atoms with van der Waals surface area (Å²) in [5, 5.41) is 0. The molecule has 0 aliphatic carbocycles. The number of rotatable bonds is 4. The van der Waals surface area contributed by atoms with Crippen LogP contribution in [0.5, 0.6) is 5.75 Å². The van der Waals surface area contributed by atoms with Crippen LogP contribution >= 0.6 is 0 Å². The molecule has 0 amide bonds. The molecular weight excluding hydrogens is 205 g/mol. The van der Waals surface area contributed by atoms with E-state index in [0.29, 0.717) is 5.75 Å². The summed E-state index contributed by atoms with van der Waals surface area (Å²) in [4.78, 5) is 0. The standard InChI is InChI=1S/C11H13F3O/c1-9-3-5-10(6-4-9)15-8-2-7-11(12,13)14/h3-6H,2,7-8H2,1H3. The monoisotopic (exact) mass is 218 g/mol. The van der Waals surface area contributed by atoms with Crippen molar-refractivity contribution >= 4 is 0 Å². The predicted octanol–water partition coefficient (Wildman–Crippen LogP) is 3.72. The van der Waals surface area contributed by atoms with Gasteiger partial charge in [0, 0.05) is 6.42 Å². The summed E-state index contributed by atoms with van der Waals surface area (Å²) >= 11 is 0. The number of ether oxygens (including phenoxy) is 1. The molecule has 0 unspecified atom stereocenters. The summed E-state index contributed by atoms with van der Waals surface area (Å²) < 4.78 is 40.5. The zero-order valence-electron chi connectivity index (χ0n) is 8.47. The quantitative estimate of drug-likeness (QED) is 0.700. The molecule has 1 nitrogen and oxygen atoms in total. The maximum atomic E-state index is 11.8. The molecule has 0 atom stereocenters. The van der Waals surface area contributed by atoms with Gasteiger partial charge >= 0.3 is 6.18 Å². The van der Waals surface area contributed by atoms with Crippen LogP contribution in [0.25, 0.3) is 0 Å². The second kappa shape index (κ2) is 5.05. The summed E-state index contributed by atoms with van der Waals surface area (Å²) in [6, 6.07) is 7.23. The van der Waals surface area contributed by atoms with E-state index < -0.39 is 12.6 Å². The van der Waals surface area contributed by atoms with Crippen molar-refractivity contribution in [1.82, 2.24) is 0 Å². The molecule has 0 aliphatic rings. The molecule has 0 saturated carbocycles. The lowest BCUT2D eigenvalue weighted by atomic mass is 10.2. The molecule has 0 N–H and O–H groups in total. The number of hydrogen-bond acceptors (Lipinski definition) is 1. The Morgan fingerprint density at radius 2 is 1.73 bits per heavy atom. The highest BCUT2D eigenvalue weighted by atomic mass is 19.4. The average molecular weight is 218 g/mol. The van der Waals surface area contributed by atoms with E-state index in [1.54, 1.807) is 12.1 Å². The zero-order chi connectivity index (χ0) is 11.3. The van der Waals surface area contributed by atoms with Crippen molar-refractivity contribution in [2.75, 3.05) is 6.61 Å². The molecule has 15 heavy (non-hydrogen) atoms. The van der Waals surface area contributed by atoms with Crippen molar-refractivity contribution in [2.45, 2.75) is 25.9 Å². The number of halogens is 3. The fraction of sp³-hybridized carbons (Fsp3) is 0.455. The SMILES string of the molecule is Cc1ccc(OCCCC(F)(F)F)cc1. The van der Waals surface area contributed by atoms with Crippen molar-refractivity contribution in [2.24, 2.45) is 0 Å². The van der Waals surface area contributed by atoms with Crippen LogP contribution in [0.15, 0.2) is 24.3 Å². The first kappa shape index (κ1) is 11.9. The molecule has 1 aromatic carbocycles. The fourth-order valence-corrected chi connectivity index (χ4v) is 1.10. The molecule has 4 heteroatoms. The van der Waals surface area contributed by atoms with Crippen LogP contribution in [0, 0.1) is 6.92 Å². The maximum absolute atomic E-state index is 11.8. The fourth-order valence-electron chi connectivity index (χ4n) is 1.10. The lowest BCUT2D eigenvalue weighted by molar-refractivity contribution is -0.136. The van der Waals surface area contributed by atoms with Gasteiger partial charge in [0.25, 0.3) is 0 Å². The molecule has 0 aromatic heterocycles. The van der Waals surface area contributed by atoms with Crippen LogP contribution in [0.4, 0.5) is 13.2 Å². The Bertz CT molecular complexity index is 290. The van der Waals surface area contributed by atoms with E-state index in [9.17, 15) is 13.2 Å². The maximum Gasteiger partial charge on any atom is 0.389 e. The van der Waals surface area contributed by atoms with Gasteiger partial charge in [0.1, 0.15) is 5.75 Å². The number of alkyl halides is 3. The number of hydrogen-bond donors (Lipinski definition) is 0. The largest absolute Gasteiger partial charge is 0.494 e. The summed E-state index contributed by atoms with van der Waals surface area (Å²) in [5.74, 6) is 0.614. The summed E-state index contributed by atoms with van der Waals surface area (Å²) in [6.07, 6.45) is -4.88. The van der Waals surface area contributed by atoms with Crippen molar-refractivity contribution in [3.05, 3.63) is 29.8 Å². The second-order valence-corrected chi connectivity index (χ2v) is 3.38. The highest BCUT2D eigenvalue weighted by Gasteiger charge is 2.25. The molecule has 84 valence electrons. The lowest BCUT2D eigenvalue weighted by Gasteiger charge is -2.08. The van der Waals surface area contributed by atoms with Crippen molar-refractivity contribution in [3.63, 3.8) is 0 Å². The molecular formula is C11H13F3O. The van der Waals surface area contributed by atoms with E-state index in [1.807, 2.05) is 19.1 Å². The third kappa shape index (κ3) is 5.30. The Hall–Kier alpha value is -1.19. The number of benzene rings is 1. The van der Waals surface area contributed by atoms with Gasteiger partial charge in [-0.1, -0.05) is 17.7 Å². The van der Waals surface area contributed by atoms with Crippen LogP contribution in [-0.2, 0) is 0 Å². The van der Waals surface area contributed by atoms with Crippen LogP contribution in [0.1, 0.15) is 18.4 Å². The van der Waals surface area contributed by atoms with Gasteiger partial charge in [-0.25, -0.2) is 0 Å². The molecule has 0 bridgehead atoms. The number of aryl methyl sites for hydroxylation is 1. The predicted molar refractivity (Wildman–Crippen MR) is 52.0 cm³/mol. The molecule has 0 saturated heterocycles. The van der Waals surface area contributed by atoms with Gasteiger partial charge in [0.2, 0.25) is 0 Å². The average Bonchev–Trinajstić information content (AvgIpc) is 2.14. The Labute approximate surface area is 86.9 Å². The van der Waals surface area contributed by atoms with Gasteiger partial charge in [-0.3, -0.25) is 0 Å². The smallest absolute Gasteiger partial charge is 0.389 e. The Balaban J connectivity index is 2.23. The first-order valence-electron chi connectivity index (χ1n) is 4.73. The van der Waals surface area contributed by atoms with E-state index >= 15 is 0 Å². The minimum Gasteiger partial charge on any atom is -0.494 e. The van der Waals surface area contributed by atoms with Gasteiger partial charge in [0.05, 0.1) is 6.61 Å². The summed E-state index contributed by atoms with van der Waals surface area (Å²) in [5.41, 5.74) is 1.10. The van der Waals surface area contributed by atoms with E-state index in [4.69, 9.17) is 4.74 Å².